The average molecular weight is 394 g/mol. The highest BCUT2D eigenvalue weighted by Crippen LogP contribution is 2.14. The Morgan fingerprint density at radius 1 is 0.630 bits per heavy atom. The van der Waals surface area contributed by atoms with Crippen LogP contribution in [0.2, 0.25) is 0 Å². The number of rotatable bonds is 16. The van der Waals surface area contributed by atoms with Gasteiger partial charge in [-0.3, -0.25) is 9.78 Å². The van der Waals surface area contributed by atoms with Crippen LogP contribution in [0.15, 0.2) is 0 Å². The summed E-state index contributed by atoms with van der Waals surface area (Å²) in [5.41, 5.74) is -1.05. The zero-order valence-electron chi connectivity index (χ0n) is 17.3. The van der Waals surface area contributed by atoms with E-state index in [1.54, 1.807) is 0 Å². The second kappa shape index (κ2) is 13.8. The molecule has 0 fully saturated rings. The maximum absolute atomic E-state index is 11.4. The van der Waals surface area contributed by atoms with E-state index in [2.05, 4.69) is 9.78 Å². The minimum absolute atomic E-state index is 0.217. The van der Waals surface area contributed by atoms with Gasteiger partial charge in [-0.15, -0.1) is 0 Å². The van der Waals surface area contributed by atoms with E-state index < -0.39 is 23.1 Å². The third kappa shape index (κ3) is 15.5. The molecule has 0 saturated heterocycles. The van der Waals surface area contributed by atoms with E-state index in [1.165, 1.54) is 0 Å². The molecule has 0 saturated carbocycles. The van der Waals surface area contributed by atoms with E-state index in [0.717, 1.165) is 0 Å². The average Bonchev–Trinajstić information content (AvgIpc) is 2.63. The summed E-state index contributed by atoms with van der Waals surface area (Å²) in [7, 11) is 0. The molecule has 0 spiro atoms. The van der Waals surface area contributed by atoms with E-state index >= 15 is 0 Å². The standard InChI is InChI=1S/C18H34O9/c1-7-17(3,4)26-24-15(19)13-22-11-9-21-10-12-23-14-16(20)25-27-18(5,6)8-2/h7-14H2,1-6H3. The van der Waals surface area contributed by atoms with Crippen LogP contribution >= 0.6 is 0 Å². The van der Waals surface area contributed by atoms with Crippen LogP contribution in [0, 0.1) is 0 Å². The Bertz CT molecular complexity index is 383. The number of hydrogen-bond acceptors (Lipinski definition) is 9. The first-order valence-electron chi connectivity index (χ1n) is 9.12. The fourth-order valence-corrected chi connectivity index (χ4v) is 1.13. The maximum Gasteiger partial charge on any atom is 0.367 e. The van der Waals surface area contributed by atoms with Crippen molar-refractivity contribution in [2.45, 2.75) is 65.6 Å². The van der Waals surface area contributed by atoms with Crippen LogP contribution in [-0.4, -0.2) is 62.8 Å². The lowest BCUT2D eigenvalue weighted by atomic mass is 10.1. The first kappa shape index (κ1) is 25.7. The third-order valence-electron chi connectivity index (χ3n) is 3.61. The van der Waals surface area contributed by atoms with E-state index in [-0.39, 0.29) is 39.6 Å². The van der Waals surface area contributed by atoms with E-state index in [4.69, 9.17) is 24.0 Å². The molecule has 9 nitrogen and oxygen atoms in total. The van der Waals surface area contributed by atoms with Crippen LogP contribution < -0.4 is 0 Å². The summed E-state index contributed by atoms with van der Waals surface area (Å²) in [5.74, 6) is -1.21. The molecule has 0 aromatic carbocycles. The van der Waals surface area contributed by atoms with E-state index in [9.17, 15) is 9.59 Å². The maximum atomic E-state index is 11.4. The Hall–Kier alpha value is -1.26. The van der Waals surface area contributed by atoms with Crippen molar-refractivity contribution < 1.29 is 43.3 Å². The van der Waals surface area contributed by atoms with Gasteiger partial charge < -0.3 is 14.2 Å². The fourth-order valence-electron chi connectivity index (χ4n) is 1.13. The summed E-state index contributed by atoms with van der Waals surface area (Å²) < 4.78 is 15.4. The second-order valence-electron chi connectivity index (χ2n) is 7.02. The molecule has 0 aliphatic carbocycles. The molecule has 0 aliphatic heterocycles. The van der Waals surface area contributed by atoms with Gasteiger partial charge in [0.2, 0.25) is 0 Å². The van der Waals surface area contributed by atoms with E-state index in [0.29, 0.717) is 12.8 Å². The Morgan fingerprint density at radius 3 is 1.30 bits per heavy atom. The zero-order valence-corrected chi connectivity index (χ0v) is 17.3. The molecule has 9 heteroatoms. The SMILES string of the molecule is CCC(C)(C)OOC(=O)COCCOCCOCC(=O)OOC(C)(C)CC. The van der Waals surface area contributed by atoms with Crippen molar-refractivity contribution in [2.75, 3.05) is 39.6 Å². The summed E-state index contributed by atoms with van der Waals surface area (Å²) in [6, 6.07) is 0. The van der Waals surface area contributed by atoms with E-state index in [1.807, 2.05) is 41.5 Å². The first-order chi connectivity index (χ1) is 12.6. The van der Waals surface area contributed by atoms with Gasteiger partial charge in [0.1, 0.15) is 24.4 Å². The molecule has 160 valence electrons. The Labute approximate surface area is 161 Å². The summed E-state index contributed by atoms with van der Waals surface area (Å²) in [4.78, 5) is 42.1. The highest BCUT2D eigenvalue weighted by Gasteiger charge is 2.20. The smallest absolute Gasteiger partial charge is 0.367 e. The highest BCUT2D eigenvalue weighted by molar-refractivity contribution is 5.70. The Balaban J connectivity index is 3.47. The molecule has 0 radical (unpaired) electrons. The van der Waals surface area contributed by atoms with Crippen molar-refractivity contribution >= 4 is 11.9 Å². The van der Waals surface area contributed by atoms with Gasteiger partial charge in [0, 0.05) is 0 Å². The number of carbonyl (C=O) groups excluding carboxylic acids is 2. The van der Waals surface area contributed by atoms with Crippen molar-refractivity contribution in [1.82, 2.24) is 0 Å². The summed E-state index contributed by atoms with van der Waals surface area (Å²) in [5, 5.41) is 0. The van der Waals surface area contributed by atoms with Crippen molar-refractivity contribution in [3.8, 4) is 0 Å². The van der Waals surface area contributed by atoms with Crippen LogP contribution in [0.1, 0.15) is 54.4 Å². The lowest BCUT2D eigenvalue weighted by molar-refractivity contribution is -0.327. The third-order valence-corrected chi connectivity index (χ3v) is 3.61. The van der Waals surface area contributed by atoms with Gasteiger partial charge in [-0.2, -0.15) is 9.78 Å². The normalized spacial score (nSPS) is 12.1. The summed E-state index contributed by atoms with van der Waals surface area (Å²) in [6.07, 6.45) is 1.41. The quantitative estimate of drug-likeness (QED) is 0.222. The fraction of sp³-hybridized carbons (Fsp3) is 0.889. The largest absolute Gasteiger partial charge is 0.377 e. The lowest BCUT2D eigenvalue weighted by Crippen LogP contribution is -2.27. The molecule has 0 aliphatic rings. The Kier molecular flexibility index (Phi) is 13.2. The van der Waals surface area contributed by atoms with Crippen molar-refractivity contribution in [3.63, 3.8) is 0 Å². The molecule has 0 rings (SSSR count). The van der Waals surface area contributed by atoms with Crippen molar-refractivity contribution in [3.05, 3.63) is 0 Å². The van der Waals surface area contributed by atoms with Crippen LogP contribution in [0.5, 0.6) is 0 Å². The predicted octanol–water partition coefficient (Wildman–Crippen LogP) is 2.36. The molecule has 27 heavy (non-hydrogen) atoms. The van der Waals surface area contributed by atoms with Crippen LogP contribution in [0.25, 0.3) is 0 Å². The predicted molar refractivity (Wildman–Crippen MR) is 95.6 cm³/mol. The number of ether oxygens (including phenoxy) is 3. The van der Waals surface area contributed by atoms with Gasteiger partial charge in [0.15, 0.2) is 0 Å². The van der Waals surface area contributed by atoms with Gasteiger partial charge in [-0.05, 0) is 40.5 Å². The minimum atomic E-state index is -0.605. The topological polar surface area (TPSA) is 98.8 Å². The molecule has 0 aromatic rings. The highest BCUT2D eigenvalue weighted by atomic mass is 17.2. The first-order valence-corrected chi connectivity index (χ1v) is 9.12. The number of hydrogen-bond donors (Lipinski definition) is 0. The minimum Gasteiger partial charge on any atom is -0.377 e. The van der Waals surface area contributed by atoms with Gasteiger partial charge in [-0.25, -0.2) is 9.59 Å². The zero-order chi connectivity index (χ0) is 20.8. The van der Waals surface area contributed by atoms with Gasteiger partial charge in [0.05, 0.1) is 26.4 Å². The monoisotopic (exact) mass is 394 g/mol. The Morgan fingerprint density at radius 2 is 0.963 bits per heavy atom. The number of carbonyl (C=O) groups is 2. The summed E-state index contributed by atoms with van der Waals surface area (Å²) >= 11 is 0. The molecule has 0 N–H and O–H groups in total. The molecular weight excluding hydrogens is 360 g/mol. The van der Waals surface area contributed by atoms with Crippen molar-refractivity contribution in [2.24, 2.45) is 0 Å². The van der Waals surface area contributed by atoms with Gasteiger partial charge >= 0.3 is 11.9 Å². The molecule has 0 amide bonds. The molecule has 0 unspecified atom stereocenters. The van der Waals surface area contributed by atoms with Crippen molar-refractivity contribution in [1.29, 1.82) is 0 Å². The molecule has 0 atom stereocenters. The molecule has 0 aromatic heterocycles. The van der Waals surface area contributed by atoms with Crippen LogP contribution in [-0.2, 0) is 43.3 Å². The lowest BCUT2D eigenvalue weighted by Gasteiger charge is -2.20. The van der Waals surface area contributed by atoms with Gasteiger partial charge in [-0.1, -0.05) is 13.8 Å². The molecule has 0 heterocycles. The molecule has 0 bridgehead atoms. The second-order valence-corrected chi connectivity index (χ2v) is 7.02. The van der Waals surface area contributed by atoms with Gasteiger partial charge in [0.25, 0.3) is 0 Å². The molecular formula is C18H34O9. The van der Waals surface area contributed by atoms with Crippen LogP contribution in [0.4, 0.5) is 0 Å². The summed E-state index contributed by atoms with van der Waals surface area (Å²) in [6.45, 7) is 11.6. The van der Waals surface area contributed by atoms with Crippen LogP contribution in [0.3, 0.4) is 0 Å².